The van der Waals surface area contributed by atoms with Crippen LogP contribution >= 0.6 is 0 Å². The normalized spacial score (nSPS) is 9.64. The zero-order valence-electron chi connectivity index (χ0n) is 6.42. The van der Waals surface area contributed by atoms with E-state index in [0.29, 0.717) is 5.56 Å². The number of hydrogen-bond acceptors (Lipinski definition) is 1. The smallest absolute Gasteiger partial charge is 0.177 e. The molecule has 0 aliphatic carbocycles. The molecule has 0 amide bonds. The molecule has 2 heteroatoms. The summed E-state index contributed by atoms with van der Waals surface area (Å²) in [7, 11) is 0. The first-order chi connectivity index (χ1) is 5.24. The van der Waals surface area contributed by atoms with Crippen molar-refractivity contribution in [2.24, 2.45) is 0 Å². The number of nitrogens with one attached hydrogen (secondary N) is 1. The van der Waals surface area contributed by atoms with Crippen LogP contribution < -0.4 is 5.73 Å². The van der Waals surface area contributed by atoms with Crippen LogP contribution in [0.5, 0.6) is 0 Å². The molecule has 1 aromatic rings. The average Bonchev–Trinajstić information content (AvgIpc) is 2.05. The fraction of sp³-hybridized carbons (Fsp3) is 0.222. The molecule has 0 saturated carbocycles. The molecule has 0 saturated heterocycles. The van der Waals surface area contributed by atoms with E-state index in [1.165, 1.54) is 0 Å². The highest BCUT2D eigenvalue weighted by molar-refractivity contribution is 5.97. The number of carbonyl (C=O) groups is 1. The van der Waals surface area contributed by atoms with Crippen molar-refractivity contribution in [3.05, 3.63) is 35.4 Å². The van der Waals surface area contributed by atoms with Gasteiger partial charge in [-0.15, -0.1) is 0 Å². The number of Topliss-reactive ketones (excluding diaryl/α,β-unsaturated/α-hetero) is 1. The Morgan fingerprint density at radius 1 is 1.36 bits per heavy atom. The predicted octanol–water partition coefficient (Wildman–Crippen LogP) is 1.46. The van der Waals surface area contributed by atoms with E-state index in [1.54, 1.807) is 12.1 Å². The van der Waals surface area contributed by atoms with E-state index in [9.17, 15) is 4.79 Å². The first kappa shape index (κ1) is 7.95. The van der Waals surface area contributed by atoms with Crippen LogP contribution in [0.1, 0.15) is 15.9 Å². The van der Waals surface area contributed by atoms with Crippen molar-refractivity contribution in [1.29, 1.82) is 0 Å². The van der Waals surface area contributed by atoms with E-state index in [0.717, 1.165) is 5.56 Å². The average molecular weight is 148 g/mol. The second-order valence-corrected chi connectivity index (χ2v) is 2.47. The Bertz CT molecular complexity index is 251. The van der Waals surface area contributed by atoms with Gasteiger partial charge in [-0.1, -0.05) is 29.8 Å². The van der Waals surface area contributed by atoms with E-state index < -0.39 is 0 Å². The number of ketones is 1. The van der Waals surface area contributed by atoms with Crippen molar-refractivity contribution in [2.75, 3.05) is 6.54 Å². The molecule has 0 aromatic heterocycles. The number of benzene rings is 1. The van der Waals surface area contributed by atoms with Crippen LogP contribution in [0.4, 0.5) is 0 Å². The van der Waals surface area contributed by atoms with Crippen LogP contribution in [0, 0.1) is 6.92 Å². The van der Waals surface area contributed by atoms with Crippen LogP contribution in [0.15, 0.2) is 24.3 Å². The third-order valence-corrected chi connectivity index (χ3v) is 1.53. The Balaban J connectivity index is 2.90. The van der Waals surface area contributed by atoms with Gasteiger partial charge >= 0.3 is 0 Å². The summed E-state index contributed by atoms with van der Waals surface area (Å²) < 4.78 is 0. The quantitative estimate of drug-likeness (QED) is 0.585. The van der Waals surface area contributed by atoms with Crippen LogP contribution in [0.2, 0.25) is 0 Å². The summed E-state index contributed by atoms with van der Waals surface area (Å²) in [6.45, 7) is 1.80. The molecule has 57 valence electrons. The zero-order chi connectivity index (χ0) is 8.27. The summed E-state index contributed by atoms with van der Waals surface area (Å²) in [4.78, 5) is 10.9. The van der Waals surface area contributed by atoms with Crippen molar-refractivity contribution in [2.45, 2.75) is 6.92 Å². The second kappa shape index (κ2) is 3.30. The summed E-state index contributed by atoms with van der Waals surface area (Å²) in [5.74, 6) is -0.120. The fourth-order valence-electron chi connectivity index (χ4n) is 0.842. The number of rotatable bonds is 2. The number of aryl methyl sites for hydroxylation is 1. The molecule has 1 radical (unpaired) electrons. The van der Waals surface area contributed by atoms with E-state index in [1.807, 2.05) is 19.1 Å². The monoisotopic (exact) mass is 148 g/mol. The summed E-state index contributed by atoms with van der Waals surface area (Å²) in [6.07, 6.45) is 0. The highest BCUT2D eigenvalue weighted by atomic mass is 16.1. The second-order valence-electron chi connectivity index (χ2n) is 2.47. The minimum absolute atomic E-state index is 0.120. The molecule has 0 heterocycles. The van der Waals surface area contributed by atoms with Crippen molar-refractivity contribution in [1.82, 2.24) is 5.73 Å². The molecule has 0 aliphatic rings. The molecule has 0 atom stereocenters. The Morgan fingerprint density at radius 3 is 2.36 bits per heavy atom. The molecule has 1 aromatic carbocycles. The molecule has 0 unspecified atom stereocenters. The molecule has 0 spiro atoms. The summed E-state index contributed by atoms with van der Waals surface area (Å²) >= 11 is 0. The molecular weight excluding hydrogens is 138 g/mol. The van der Waals surface area contributed by atoms with Crippen molar-refractivity contribution in [3.63, 3.8) is 0 Å². The lowest BCUT2D eigenvalue weighted by atomic mass is 10.1. The maximum absolute atomic E-state index is 10.9. The maximum atomic E-state index is 10.9. The molecule has 1 rings (SSSR count). The van der Waals surface area contributed by atoms with Gasteiger partial charge in [0.1, 0.15) is 0 Å². The first-order valence-corrected chi connectivity index (χ1v) is 3.48. The zero-order valence-corrected chi connectivity index (χ0v) is 6.42. The van der Waals surface area contributed by atoms with Gasteiger partial charge in [0.2, 0.25) is 0 Å². The Kier molecular flexibility index (Phi) is 2.39. The molecule has 1 N–H and O–H groups in total. The number of hydrogen-bond donors (Lipinski definition) is 0. The maximum Gasteiger partial charge on any atom is 0.177 e. The van der Waals surface area contributed by atoms with E-state index in [2.05, 4.69) is 0 Å². The summed E-state index contributed by atoms with van der Waals surface area (Å²) in [6, 6.07) is 7.27. The van der Waals surface area contributed by atoms with Gasteiger partial charge in [-0.05, 0) is 6.92 Å². The van der Waals surface area contributed by atoms with E-state index in [-0.39, 0.29) is 12.3 Å². The van der Waals surface area contributed by atoms with Crippen LogP contribution in [0.3, 0.4) is 0 Å². The topological polar surface area (TPSA) is 40.9 Å². The van der Waals surface area contributed by atoms with Crippen LogP contribution in [-0.4, -0.2) is 12.3 Å². The minimum Gasteiger partial charge on any atom is -0.293 e. The largest absolute Gasteiger partial charge is 0.293 e. The minimum atomic E-state index is -0.164. The molecule has 2 nitrogen and oxygen atoms in total. The van der Waals surface area contributed by atoms with Gasteiger partial charge < -0.3 is 0 Å². The highest BCUT2D eigenvalue weighted by Gasteiger charge is 2.00. The van der Waals surface area contributed by atoms with E-state index >= 15 is 0 Å². The molecule has 0 fully saturated rings. The summed E-state index contributed by atoms with van der Waals surface area (Å²) in [5.41, 5.74) is 8.61. The van der Waals surface area contributed by atoms with Crippen LogP contribution in [0.25, 0.3) is 0 Å². The number of carbonyl (C=O) groups excluding carboxylic acids is 1. The van der Waals surface area contributed by atoms with Gasteiger partial charge in [0.05, 0.1) is 6.54 Å². The lowest BCUT2D eigenvalue weighted by Crippen LogP contribution is -2.05. The highest BCUT2D eigenvalue weighted by Crippen LogP contribution is 2.02. The van der Waals surface area contributed by atoms with Gasteiger partial charge in [-0.2, -0.15) is 0 Å². The van der Waals surface area contributed by atoms with Gasteiger partial charge in [0.15, 0.2) is 5.78 Å². The fourth-order valence-corrected chi connectivity index (χ4v) is 0.842. The van der Waals surface area contributed by atoms with Crippen molar-refractivity contribution < 1.29 is 4.79 Å². The van der Waals surface area contributed by atoms with E-state index in [4.69, 9.17) is 5.73 Å². The molecule has 0 bridgehead atoms. The lowest BCUT2D eigenvalue weighted by Gasteiger charge is -1.96. The lowest BCUT2D eigenvalue weighted by molar-refractivity contribution is 0.0999. The first-order valence-electron chi connectivity index (χ1n) is 3.48. The van der Waals surface area contributed by atoms with Gasteiger partial charge in [-0.3, -0.25) is 4.79 Å². The Labute approximate surface area is 66.0 Å². The van der Waals surface area contributed by atoms with Crippen molar-refractivity contribution >= 4 is 5.78 Å². The molecule has 11 heavy (non-hydrogen) atoms. The van der Waals surface area contributed by atoms with Gasteiger partial charge in [-0.25, -0.2) is 5.73 Å². The molecular formula is C9H10NO. The van der Waals surface area contributed by atoms with Gasteiger partial charge in [0.25, 0.3) is 0 Å². The summed E-state index contributed by atoms with van der Waals surface area (Å²) in [5, 5.41) is 0. The third-order valence-electron chi connectivity index (χ3n) is 1.53. The van der Waals surface area contributed by atoms with Crippen molar-refractivity contribution in [3.8, 4) is 0 Å². The predicted molar refractivity (Wildman–Crippen MR) is 43.5 cm³/mol. The van der Waals surface area contributed by atoms with Crippen LogP contribution in [-0.2, 0) is 0 Å². The third kappa shape index (κ3) is 1.88. The Morgan fingerprint density at radius 2 is 1.91 bits per heavy atom. The van der Waals surface area contributed by atoms with Gasteiger partial charge in [0, 0.05) is 5.56 Å². The Hall–Kier alpha value is -1.15. The SMILES string of the molecule is Cc1ccc(C(=O)C[NH])cc1. The standard InChI is InChI=1S/C9H10NO/c1-7-2-4-8(5-3-7)9(11)6-10/h2-5,10H,6H2,1H3. The molecule has 0 aliphatic heterocycles.